The Balaban J connectivity index is 1.60. The minimum Gasteiger partial charge on any atom is -0.343 e. The molecule has 1 aromatic carbocycles. The molecule has 2 amide bonds. The van der Waals surface area contributed by atoms with E-state index in [0.717, 1.165) is 16.4 Å². The number of hydrogen-bond donors (Lipinski definition) is 0. The van der Waals surface area contributed by atoms with E-state index < -0.39 is 26.6 Å². The Morgan fingerprint density at radius 1 is 0.964 bits per heavy atom. The van der Waals surface area contributed by atoms with Crippen molar-refractivity contribution in [2.75, 3.05) is 39.3 Å². The molecule has 2 aliphatic heterocycles. The van der Waals surface area contributed by atoms with Crippen LogP contribution in [-0.2, 0) is 19.6 Å². The van der Waals surface area contributed by atoms with Gasteiger partial charge in [-0.15, -0.1) is 0 Å². The molecule has 0 bridgehead atoms. The average Bonchev–Trinajstić information content (AvgIpc) is 2.67. The van der Waals surface area contributed by atoms with Crippen LogP contribution in [0.3, 0.4) is 0 Å². The standard InChI is InChI=1S/C18H23F2N3O4S/c1-13(24)21-6-4-14(5-7-21)18(25)22-8-10-23(11-9-22)28(26,27)17-3-2-15(19)12-16(17)20/h2-3,12,14H,4-11H2,1H3. The number of rotatable bonds is 3. The largest absolute Gasteiger partial charge is 0.343 e. The van der Waals surface area contributed by atoms with Crippen molar-refractivity contribution in [1.29, 1.82) is 0 Å². The van der Waals surface area contributed by atoms with E-state index in [-0.39, 0.29) is 43.9 Å². The molecule has 0 unspecified atom stereocenters. The average molecular weight is 415 g/mol. The van der Waals surface area contributed by atoms with Crippen molar-refractivity contribution in [2.45, 2.75) is 24.7 Å². The summed E-state index contributed by atoms with van der Waals surface area (Å²) >= 11 is 0. The molecule has 7 nitrogen and oxygen atoms in total. The van der Waals surface area contributed by atoms with Crippen molar-refractivity contribution in [2.24, 2.45) is 5.92 Å². The molecule has 0 N–H and O–H groups in total. The molecular weight excluding hydrogens is 392 g/mol. The zero-order chi connectivity index (χ0) is 20.5. The summed E-state index contributed by atoms with van der Waals surface area (Å²) < 4.78 is 53.3. The van der Waals surface area contributed by atoms with Crippen LogP contribution >= 0.6 is 0 Å². The predicted octanol–water partition coefficient (Wildman–Crippen LogP) is 1.06. The number of piperidine rings is 1. The molecule has 0 aliphatic carbocycles. The van der Waals surface area contributed by atoms with E-state index >= 15 is 0 Å². The Labute approximate surface area is 162 Å². The molecule has 2 saturated heterocycles. The van der Waals surface area contributed by atoms with Crippen molar-refractivity contribution in [3.63, 3.8) is 0 Å². The number of amides is 2. The van der Waals surface area contributed by atoms with Crippen molar-refractivity contribution in [1.82, 2.24) is 14.1 Å². The summed E-state index contributed by atoms with van der Waals surface area (Å²) in [5.74, 6) is -2.18. The van der Waals surface area contributed by atoms with Gasteiger partial charge in [-0.25, -0.2) is 17.2 Å². The number of halogens is 2. The summed E-state index contributed by atoms with van der Waals surface area (Å²) in [4.78, 5) is 26.9. The molecule has 2 fully saturated rings. The van der Waals surface area contributed by atoms with E-state index in [4.69, 9.17) is 0 Å². The van der Waals surface area contributed by atoms with Gasteiger partial charge < -0.3 is 9.80 Å². The molecule has 0 spiro atoms. The Morgan fingerprint density at radius 2 is 1.57 bits per heavy atom. The Morgan fingerprint density at radius 3 is 2.11 bits per heavy atom. The van der Waals surface area contributed by atoms with Gasteiger partial charge in [0.25, 0.3) is 0 Å². The molecule has 28 heavy (non-hydrogen) atoms. The first-order valence-corrected chi connectivity index (χ1v) is 10.6. The summed E-state index contributed by atoms with van der Waals surface area (Å²) in [6.45, 7) is 3.13. The molecule has 2 heterocycles. The second kappa shape index (κ2) is 8.12. The van der Waals surface area contributed by atoms with Crippen molar-refractivity contribution in [3.8, 4) is 0 Å². The van der Waals surface area contributed by atoms with Gasteiger partial charge in [0.1, 0.15) is 16.5 Å². The Hall–Kier alpha value is -2.07. The fourth-order valence-electron chi connectivity index (χ4n) is 3.67. The van der Waals surface area contributed by atoms with E-state index in [2.05, 4.69) is 0 Å². The molecule has 0 atom stereocenters. The van der Waals surface area contributed by atoms with Gasteiger partial charge in [0.05, 0.1) is 0 Å². The number of nitrogens with zero attached hydrogens (tertiary/aromatic N) is 3. The summed E-state index contributed by atoms with van der Waals surface area (Å²) in [5.41, 5.74) is 0. The first-order chi connectivity index (χ1) is 13.2. The van der Waals surface area contributed by atoms with E-state index in [9.17, 15) is 26.8 Å². The van der Waals surface area contributed by atoms with Gasteiger partial charge in [-0.1, -0.05) is 0 Å². The van der Waals surface area contributed by atoms with Crippen molar-refractivity contribution >= 4 is 21.8 Å². The van der Waals surface area contributed by atoms with Crippen molar-refractivity contribution in [3.05, 3.63) is 29.8 Å². The first kappa shape index (κ1) is 20.7. The highest BCUT2D eigenvalue weighted by Gasteiger charge is 2.35. The maximum absolute atomic E-state index is 13.9. The lowest BCUT2D eigenvalue weighted by molar-refractivity contribution is -0.141. The van der Waals surface area contributed by atoms with Crippen LogP contribution in [0.2, 0.25) is 0 Å². The molecule has 3 rings (SSSR count). The maximum Gasteiger partial charge on any atom is 0.246 e. The van der Waals surface area contributed by atoms with Crippen LogP contribution in [0.15, 0.2) is 23.1 Å². The van der Waals surface area contributed by atoms with Gasteiger partial charge in [-0.2, -0.15) is 4.31 Å². The summed E-state index contributed by atoms with van der Waals surface area (Å²) in [6, 6.07) is 2.36. The quantitative estimate of drug-likeness (QED) is 0.740. The zero-order valence-corrected chi connectivity index (χ0v) is 16.4. The lowest BCUT2D eigenvalue weighted by Crippen LogP contribution is -2.53. The highest BCUT2D eigenvalue weighted by atomic mass is 32.2. The van der Waals surface area contributed by atoms with Gasteiger partial charge >= 0.3 is 0 Å². The smallest absolute Gasteiger partial charge is 0.246 e. The van der Waals surface area contributed by atoms with Gasteiger partial charge in [0.15, 0.2) is 0 Å². The third kappa shape index (κ3) is 4.17. The third-order valence-electron chi connectivity index (χ3n) is 5.35. The second-order valence-corrected chi connectivity index (χ2v) is 8.99. The van der Waals surface area contributed by atoms with Crippen LogP contribution in [0.1, 0.15) is 19.8 Å². The SMILES string of the molecule is CC(=O)N1CCC(C(=O)N2CCN(S(=O)(=O)c3ccc(F)cc3F)CC2)CC1. The van der Waals surface area contributed by atoms with Gasteiger partial charge in [-0.05, 0) is 25.0 Å². The number of hydrogen-bond acceptors (Lipinski definition) is 4. The highest BCUT2D eigenvalue weighted by molar-refractivity contribution is 7.89. The second-order valence-electron chi connectivity index (χ2n) is 7.08. The molecule has 0 aromatic heterocycles. The number of carbonyl (C=O) groups excluding carboxylic acids is 2. The molecule has 0 radical (unpaired) electrons. The predicted molar refractivity (Wildman–Crippen MR) is 96.7 cm³/mol. The molecule has 1 aromatic rings. The van der Waals surface area contributed by atoms with Crippen LogP contribution < -0.4 is 0 Å². The van der Waals surface area contributed by atoms with Crippen LogP contribution in [-0.4, -0.2) is 73.6 Å². The Kier molecular flexibility index (Phi) is 5.99. The normalized spacial score (nSPS) is 19.7. The molecule has 0 saturated carbocycles. The summed E-state index contributed by atoms with van der Waals surface area (Å²) in [5, 5.41) is 0. The van der Waals surface area contributed by atoms with Gasteiger partial charge in [-0.3, -0.25) is 9.59 Å². The number of sulfonamides is 1. The third-order valence-corrected chi connectivity index (χ3v) is 7.28. The number of benzene rings is 1. The number of piperazine rings is 1. The number of carbonyl (C=O) groups is 2. The summed E-state index contributed by atoms with van der Waals surface area (Å²) in [7, 11) is -4.09. The maximum atomic E-state index is 13.9. The molecule has 2 aliphatic rings. The fourth-order valence-corrected chi connectivity index (χ4v) is 5.14. The highest BCUT2D eigenvalue weighted by Crippen LogP contribution is 2.24. The van der Waals surface area contributed by atoms with E-state index in [1.54, 1.807) is 9.80 Å². The molecule has 154 valence electrons. The molecular formula is C18H23F2N3O4S. The Bertz CT molecular complexity index is 862. The lowest BCUT2D eigenvalue weighted by Gasteiger charge is -2.38. The van der Waals surface area contributed by atoms with Crippen LogP contribution in [0, 0.1) is 17.6 Å². The van der Waals surface area contributed by atoms with Gasteiger partial charge in [0.2, 0.25) is 21.8 Å². The fraction of sp³-hybridized carbons (Fsp3) is 0.556. The van der Waals surface area contributed by atoms with Crippen LogP contribution in [0.4, 0.5) is 8.78 Å². The first-order valence-electron chi connectivity index (χ1n) is 9.19. The van der Waals surface area contributed by atoms with E-state index in [0.29, 0.717) is 32.0 Å². The minimum atomic E-state index is -4.09. The van der Waals surface area contributed by atoms with Crippen molar-refractivity contribution < 1.29 is 26.8 Å². The monoisotopic (exact) mass is 415 g/mol. The van der Waals surface area contributed by atoms with Gasteiger partial charge in [0, 0.05) is 58.2 Å². The zero-order valence-electron chi connectivity index (χ0n) is 15.6. The summed E-state index contributed by atoms with van der Waals surface area (Å²) in [6.07, 6.45) is 1.19. The molecule has 10 heteroatoms. The topological polar surface area (TPSA) is 78.0 Å². The lowest BCUT2D eigenvalue weighted by atomic mass is 9.95. The van der Waals surface area contributed by atoms with Crippen LogP contribution in [0.25, 0.3) is 0 Å². The minimum absolute atomic E-state index is 0.00209. The number of likely N-dealkylation sites (tertiary alicyclic amines) is 1. The van der Waals surface area contributed by atoms with E-state index in [1.807, 2.05) is 0 Å². The van der Waals surface area contributed by atoms with Crippen LogP contribution in [0.5, 0.6) is 0 Å². The van der Waals surface area contributed by atoms with E-state index in [1.165, 1.54) is 6.92 Å².